The summed E-state index contributed by atoms with van der Waals surface area (Å²) >= 11 is 0. The molecule has 0 aliphatic rings. The lowest BCUT2D eigenvalue weighted by Gasteiger charge is -2.10. The highest BCUT2D eigenvalue weighted by Crippen LogP contribution is 2.35. The Morgan fingerprint density at radius 2 is 1.25 bits per heavy atom. The van der Waals surface area contributed by atoms with Gasteiger partial charge in [0.05, 0.1) is 11.0 Å². The molecule has 198 valence electrons. The van der Waals surface area contributed by atoms with Crippen LogP contribution in [-0.4, -0.2) is 19.2 Å². The minimum Gasteiger partial charge on any atom is -0.309 e. The lowest BCUT2D eigenvalue weighted by atomic mass is 9.99. The fraction of sp³-hybridized carbons (Fsp3) is 0.222. The van der Waals surface area contributed by atoms with E-state index in [-0.39, 0.29) is 0 Å². The van der Waals surface area contributed by atoms with Crippen molar-refractivity contribution in [1.29, 1.82) is 0 Å². The topological polar surface area (TPSA) is 35.1 Å². The normalized spacial score (nSPS) is 12.2. The number of nitrogens with zero attached hydrogens (tertiary/aromatic N) is 4. The number of benzene rings is 4. The number of rotatable bonds is 6. The number of fused-ring (bicyclic) bond motifs is 6. The van der Waals surface area contributed by atoms with Gasteiger partial charge in [-0.3, -0.25) is 4.40 Å². The molecule has 4 aromatic carbocycles. The SMILES string of the molecule is CC(C)Cc1ccc2c(c1)c1cc(CC(C)C)ccc1n2-c1ccc(-c2nnc3c4ccccc4ccn23)cc1. The van der Waals surface area contributed by atoms with E-state index in [1.807, 2.05) is 0 Å². The maximum atomic E-state index is 4.58. The van der Waals surface area contributed by atoms with Crippen LogP contribution in [0.3, 0.4) is 0 Å². The highest BCUT2D eigenvalue weighted by Gasteiger charge is 2.16. The summed E-state index contributed by atoms with van der Waals surface area (Å²) in [5.41, 5.74) is 8.37. The first kappa shape index (κ1) is 24.6. The Morgan fingerprint density at radius 1 is 0.625 bits per heavy atom. The van der Waals surface area contributed by atoms with E-state index in [1.54, 1.807) is 0 Å². The molecule has 7 rings (SSSR count). The van der Waals surface area contributed by atoms with Gasteiger partial charge in [-0.1, -0.05) is 64.1 Å². The molecule has 0 saturated heterocycles. The van der Waals surface area contributed by atoms with Crippen LogP contribution in [0.5, 0.6) is 0 Å². The van der Waals surface area contributed by atoms with Gasteiger partial charge in [0.2, 0.25) is 0 Å². The molecule has 0 saturated carbocycles. The van der Waals surface area contributed by atoms with Crippen LogP contribution in [-0.2, 0) is 12.8 Å². The summed E-state index contributed by atoms with van der Waals surface area (Å²) in [6.45, 7) is 9.15. The summed E-state index contributed by atoms with van der Waals surface area (Å²) in [7, 11) is 0. The lowest BCUT2D eigenvalue weighted by molar-refractivity contribution is 0.647. The molecule has 0 spiro atoms. The fourth-order valence-electron chi connectivity index (χ4n) is 6.17. The van der Waals surface area contributed by atoms with Crippen LogP contribution in [0.15, 0.2) is 97.2 Å². The minimum atomic E-state index is 0.626. The predicted octanol–water partition coefficient (Wildman–Crippen LogP) is 9.04. The largest absolute Gasteiger partial charge is 0.309 e. The second-order valence-corrected chi connectivity index (χ2v) is 11.9. The zero-order valence-electron chi connectivity index (χ0n) is 23.6. The average Bonchev–Trinajstić information content (AvgIpc) is 3.52. The van der Waals surface area contributed by atoms with Crippen LogP contribution < -0.4 is 0 Å². The molecule has 0 aliphatic heterocycles. The van der Waals surface area contributed by atoms with E-state index in [9.17, 15) is 0 Å². The number of pyridine rings is 1. The molecule has 0 amide bonds. The van der Waals surface area contributed by atoms with E-state index in [4.69, 9.17) is 0 Å². The summed E-state index contributed by atoms with van der Waals surface area (Å²) in [6, 6.07) is 33.2. The van der Waals surface area contributed by atoms with Crippen LogP contribution >= 0.6 is 0 Å². The van der Waals surface area contributed by atoms with Crippen molar-refractivity contribution in [2.45, 2.75) is 40.5 Å². The zero-order chi connectivity index (χ0) is 27.4. The second kappa shape index (κ2) is 9.63. The van der Waals surface area contributed by atoms with Crippen molar-refractivity contribution in [3.8, 4) is 17.1 Å². The van der Waals surface area contributed by atoms with Crippen molar-refractivity contribution >= 4 is 38.2 Å². The number of hydrogen-bond acceptors (Lipinski definition) is 2. The smallest absolute Gasteiger partial charge is 0.168 e. The molecule has 0 radical (unpaired) electrons. The Morgan fingerprint density at radius 3 is 1.88 bits per heavy atom. The Balaban J connectivity index is 1.36. The Hall–Kier alpha value is -4.44. The molecule has 3 heterocycles. The van der Waals surface area contributed by atoms with Gasteiger partial charge >= 0.3 is 0 Å². The minimum absolute atomic E-state index is 0.626. The van der Waals surface area contributed by atoms with Crippen molar-refractivity contribution in [3.63, 3.8) is 0 Å². The molecule has 0 unspecified atom stereocenters. The number of hydrogen-bond donors (Lipinski definition) is 0. The first-order valence-electron chi connectivity index (χ1n) is 14.4. The lowest BCUT2D eigenvalue weighted by Crippen LogP contribution is -1.96. The maximum Gasteiger partial charge on any atom is 0.168 e. The van der Waals surface area contributed by atoms with Gasteiger partial charge in [0, 0.05) is 33.6 Å². The van der Waals surface area contributed by atoms with Crippen molar-refractivity contribution < 1.29 is 0 Å². The summed E-state index contributed by atoms with van der Waals surface area (Å²) in [5.74, 6) is 2.10. The van der Waals surface area contributed by atoms with Gasteiger partial charge in [0.1, 0.15) is 0 Å². The second-order valence-electron chi connectivity index (χ2n) is 11.9. The van der Waals surface area contributed by atoms with Gasteiger partial charge in [-0.15, -0.1) is 10.2 Å². The number of aromatic nitrogens is 4. The predicted molar refractivity (Wildman–Crippen MR) is 167 cm³/mol. The van der Waals surface area contributed by atoms with E-state index in [1.165, 1.54) is 38.3 Å². The molecule has 0 bridgehead atoms. The van der Waals surface area contributed by atoms with E-state index in [0.717, 1.165) is 41.0 Å². The maximum absolute atomic E-state index is 4.58. The van der Waals surface area contributed by atoms with Gasteiger partial charge < -0.3 is 4.57 Å². The average molecular weight is 523 g/mol. The Bertz CT molecular complexity index is 1940. The van der Waals surface area contributed by atoms with Crippen LogP contribution in [0.2, 0.25) is 0 Å². The molecule has 0 aliphatic carbocycles. The van der Waals surface area contributed by atoms with Gasteiger partial charge in [-0.2, -0.15) is 0 Å². The molecule has 40 heavy (non-hydrogen) atoms. The highest BCUT2D eigenvalue weighted by molar-refractivity contribution is 6.09. The van der Waals surface area contributed by atoms with E-state index in [0.29, 0.717) is 11.8 Å². The van der Waals surface area contributed by atoms with E-state index in [2.05, 4.69) is 144 Å². The van der Waals surface area contributed by atoms with Gasteiger partial charge in [0.15, 0.2) is 11.5 Å². The van der Waals surface area contributed by atoms with E-state index >= 15 is 0 Å². The van der Waals surface area contributed by atoms with Gasteiger partial charge in [0.25, 0.3) is 0 Å². The first-order chi connectivity index (χ1) is 19.5. The van der Waals surface area contributed by atoms with Crippen LogP contribution in [0.4, 0.5) is 0 Å². The molecule has 4 nitrogen and oxygen atoms in total. The fourth-order valence-corrected chi connectivity index (χ4v) is 6.17. The molecular weight excluding hydrogens is 488 g/mol. The Labute approximate surface area is 234 Å². The van der Waals surface area contributed by atoms with Crippen LogP contribution in [0.25, 0.3) is 55.3 Å². The zero-order valence-corrected chi connectivity index (χ0v) is 23.6. The third-order valence-electron chi connectivity index (χ3n) is 7.87. The Kier molecular flexibility index (Phi) is 5.92. The quantitative estimate of drug-likeness (QED) is 0.218. The molecule has 7 aromatic rings. The molecule has 0 atom stereocenters. The standard InChI is InChI=1S/C36H34N4/c1-23(2)19-25-9-15-33-31(21-25)32-22-26(20-24(3)4)10-16-34(32)40(33)29-13-11-28(12-14-29)35-37-38-36-30-8-6-5-7-27(30)17-18-39(35)36/h5-18,21-24H,19-20H2,1-4H3. The van der Waals surface area contributed by atoms with Crippen molar-refractivity contribution in [2.24, 2.45) is 11.8 Å². The van der Waals surface area contributed by atoms with Crippen molar-refractivity contribution in [3.05, 3.63) is 108 Å². The van der Waals surface area contributed by atoms with Crippen LogP contribution in [0, 0.1) is 11.8 Å². The van der Waals surface area contributed by atoms with Crippen LogP contribution in [0.1, 0.15) is 38.8 Å². The van der Waals surface area contributed by atoms with Gasteiger partial charge in [-0.05, 0) is 95.8 Å². The van der Waals surface area contributed by atoms with Gasteiger partial charge in [-0.25, -0.2) is 0 Å². The molecule has 0 fully saturated rings. The molecule has 4 heteroatoms. The van der Waals surface area contributed by atoms with E-state index < -0.39 is 0 Å². The third kappa shape index (κ3) is 4.15. The molecule has 3 aromatic heterocycles. The highest BCUT2D eigenvalue weighted by atomic mass is 15.2. The van der Waals surface area contributed by atoms with Crippen molar-refractivity contribution in [1.82, 2.24) is 19.2 Å². The molecule has 0 N–H and O–H groups in total. The van der Waals surface area contributed by atoms with Crippen molar-refractivity contribution in [2.75, 3.05) is 0 Å². The molecular formula is C36H34N4. The summed E-state index contributed by atoms with van der Waals surface area (Å²) in [5, 5.41) is 14.1. The monoisotopic (exact) mass is 522 g/mol. The summed E-state index contributed by atoms with van der Waals surface area (Å²) in [6.07, 6.45) is 4.24. The summed E-state index contributed by atoms with van der Waals surface area (Å²) < 4.78 is 4.49. The summed E-state index contributed by atoms with van der Waals surface area (Å²) in [4.78, 5) is 0. The first-order valence-corrected chi connectivity index (χ1v) is 14.4. The third-order valence-corrected chi connectivity index (χ3v) is 7.87.